The van der Waals surface area contributed by atoms with Crippen LogP contribution in [0.15, 0.2) is 36.4 Å². The molecule has 0 aliphatic carbocycles. The molecule has 18 heavy (non-hydrogen) atoms. The summed E-state index contributed by atoms with van der Waals surface area (Å²) >= 11 is 0. The number of carbonyl (C=O) groups is 1. The second-order valence-corrected chi connectivity index (χ2v) is 3.59. The molecule has 0 unspecified atom stereocenters. The highest BCUT2D eigenvalue weighted by Gasteiger charge is 2.10. The van der Waals surface area contributed by atoms with Gasteiger partial charge in [0.2, 0.25) is 5.88 Å². The van der Waals surface area contributed by atoms with E-state index < -0.39 is 5.97 Å². The fourth-order valence-corrected chi connectivity index (χ4v) is 1.39. The van der Waals surface area contributed by atoms with Gasteiger partial charge in [0.1, 0.15) is 0 Å². The van der Waals surface area contributed by atoms with Crippen LogP contribution in [0, 0.1) is 6.92 Å². The maximum atomic E-state index is 11.8. The zero-order valence-corrected chi connectivity index (χ0v) is 10.1. The number of aromatic nitrogens is 2. The molecule has 1 aromatic carbocycles. The van der Waals surface area contributed by atoms with Gasteiger partial charge in [-0.3, -0.25) is 0 Å². The van der Waals surface area contributed by atoms with Gasteiger partial charge in [0, 0.05) is 11.8 Å². The number of ether oxygens (including phenoxy) is 2. The van der Waals surface area contributed by atoms with Gasteiger partial charge in [-0.25, -0.2) is 9.78 Å². The minimum atomic E-state index is -0.462. The van der Waals surface area contributed by atoms with E-state index in [1.54, 1.807) is 37.3 Å². The summed E-state index contributed by atoms with van der Waals surface area (Å²) in [5.74, 6) is -0.288. The van der Waals surface area contributed by atoms with E-state index in [1.807, 2.05) is 6.07 Å². The van der Waals surface area contributed by atoms with Crippen LogP contribution >= 0.6 is 0 Å². The van der Waals surface area contributed by atoms with Crippen molar-refractivity contribution < 1.29 is 14.3 Å². The molecule has 0 saturated carbocycles. The van der Waals surface area contributed by atoms with Crippen LogP contribution < -0.4 is 9.47 Å². The summed E-state index contributed by atoms with van der Waals surface area (Å²) in [5, 5.41) is 0. The lowest BCUT2D eigenvalue weighted by atomic mass is 10.2. The largest absolute Gasteiger partial charge is 0.467 e. The molecule has 0 bridgehead atoms. The fourth-order valence-electron chi connectivity index (χ4n) is 1.39. The van der Waals surface area contributed by atoms with Crippen molar-refractivity contribution >= 4 is 5.97 Å². The average Bonchev–Trinajstić information content (AvgIpc) is 2.39. The van der Waals surface area contributed by atoms with Gasteiger partial charge in [0.15, 0.2) is 0 Å². The molecular weight excluding hydrogens is 232 g/mol. The van der Waals surface area contributed by atoms with Crippen LogP contribution in [-0.2, 0) is 0 Å². The molecule has 0 fully saturated rings. The summed E-state index contributed by atoms with van der Waals surface area (Å²) in [7, 11) is 1.46. The number of rotatable bonds is 3. The van der Waals surface area contributed by atoms with Crippen LogP contribution in [0.5, 0.6) is 11.9 Å². The Morgan fingerprint density at radius 2 is 1.89 bits per heavy atom. The summed E-state index contributed by atoms with van der Waals surface area (Å²) in [6.07, 6.45) is 0. The molecule has 92 valence electrons. The molecule has 0 atom stereocenters. The first-order valence-corrected chi connectivity index (χ1v) is 5.36. The van der Waals surface area contributed by atoms with Crippen molar-refractivity contribution in [2.75, 3.05) is 7.11 Å². The Labute approximate surface area is 104 Å². The summed E-state index contributed by atoms with van der Waals surface area (Å²) < 4.78 is 10.1. The van der Waals surface area contributed by atoms with Crippen LogP contribution in [0.2, 0.25) is 0 Å². The summed E-state index contributed by atoms with van der Waals surface area (Å²) in [6, 6.07) is 10.5. The van der Waals surface area contributed by atoms with Crippen molar-refractivity contribution in [1.29, 1.82) is 0 Å². The summed E-state index contributed by atoms with van der Waals surface area (Å²) in [5.41, 5.74) is 1.13. The molecular formula is C13H12N2O3. The van der Waals surface area contributed by atoms with E-state index in [0.717, 1.165) is 0 Å². The van der Waals surface area contributed by atoms with Gasteiger partial charge < -0.3 is 9.47 Å². The molecule has 2 aromatic rings. The predicted octanol–water partition coefficient (Wildman–Crippen LogP) is 2.01. The first-order valence-electron chi connectivity index (χ1n) is 5.36. The number of hydrogen-bond donors (Lipinski definition) is 0. The second kappa shape index (κ2) is 5.27. The first kappa shape index (κ1) is 12.0. The molecule has 0 aliphatic heterocycles. The maximum absolute atomic E-state index is 11.8. The fraction of sp³-hybridized carbons (Fsp3) is 0.154. The molecule has 1 heterocycles. The highest BCUT2D eigenvalue weighted by Crippen LogP contribution is 2.14. The molecule has 0 saturated heterocycles. The molecule has 0 aliphatic rings. The smallest absolute Gasteiger partial charge is 0.344 e. The Hall–Kier alpha value is -2.43. The Balaban J connectivity index is 2.19. The Morgan fingerprint density at radius 1 is 1.17 bits per heavy atom. The first-order chi connectivity index (χ1) is 8.69. The molecule has 0 amide bonds. The van der Waals surface area contributed by atoms with E-state index in [9.17, 15) is 4.79 Å². The molecule has 5 heteroatoms. The van der Waals surface area contributed by atoms with E-state index >= 15 is 0 Å². The Kier molecular flexibility index (Phi) is 3.52. The van der Waals surface area contributed by atoms with Crippen LogP contribution in [0.25, 0.3) is 0 Å². The van der Waals surface area contributed by atoms with Crippen molar-refractivity contribution in [1.82, 2.24) is 9.97 Å². The third-order valence-corrected chi connectivity index (χ3v) is 2.20. The third-order valence-electron chi connectivity index (χ3n) is 2.20. The third kappa shape index (κ3) is 2.82. The van der Waals surface area contributed by atoms with E-state index in [2.05, 4.69) is 9.97 Å². The lowest BCUT2D eigenvalue weighted by molar-refractivity contribution is 0.0726. The number of benzene rings is 1. The van der Waals surface area contributed by atoms with E-state index in [0.29, 0.717) is 11.3 Å². The highest BCUT2D eigenvalue weighted by atomic mass is 16.5. The van der Waals surface area contributed by atoms with E-state index in [-0.39, 0.29) is 11.9 Å². The number of esters is 1. The molecule has 5 nitrogen and oxygen atoms in total. The van der Waals surface area contributed by atoms with Gasteiger partial charge in [-0.1, -0.05) is 18.2 Å². The van der Waals surface area contributed by atoms with Gasteiger partial charge >= 0.3 is 12.0 Å². The second-order valence-electron chi connectivity index (χ2n) is 3.59. The van der Waals surface area contributed by atoms with Crippen LogP contribution in [0.4, 0.5) is 0 Å². The van der Waals surface area contributed by atoms with Crippen molar-refractivity contribution in [2.45, 2.75) is 6.92 Å². The molecule has 0 N–H and O–H groups in total. The van der Waals surface area contributed by atoms with Crippen LogP contribution in [0.1, 0.15) is 16.1 Å². The minimum absolute atomic E-state index is 0.172. The zero-order valence-electron chi connectivity index (χ0n) is 10.1. The summed E-state index contributed by atoms with van der Waals surface area (Å²) in [6.45, 7) is 1.77. The monoisotopic (exact) mass is 244 g/mol. The van der Waals surface area contributed by atoms with Gasteiger partial charge in [-0.15, -0.1) is 0 Å². The topological polar surface area (TPSA) is 61.3 Å². The van der Waals surface area contributed by atoms with E-state index in [4.69, 9.17) is 9.47 Å². The molecule has 0 radical (unpaired) electrons. The molecule has 0 spiro atoms. The lowest BCUT2D eigenvalue weighted by Crippen LogP contribution is -2.10. The normalized spacial score (nSPS) is 9.89. The quantitative estimate of drug-likeness (QED) is 0.773. The Morgan fingerprint density at radius 3 is 2.56 bits per heavy atom. The zero-order chi connectivity index (χ0) is 13.0. The van der Waals surface area contributed by atoms with Crippen molar-refractivity contribution in [3.63, 3.8) is 0 Å². The standard InChI is InChI=1S/C13H12N2O3/c1-9-8-11(15-13(14-9)17-2)18-12(16)10-6-4-3-5-7-10/h3-8H,1-2H3. The Bertz CT molecular complexity index is 555. The van der Waals surface area contributed by atoms with Crippen molar-refractivity contribution in [3.8, 4) is 11.9 Å². The number of hydrogen-bond acceptors (Lipinski definition) is 5. The number of nitrogens with zero attached hydrogens (tertiary/aromatic N) is 2. The van der Waals surface area contributed by atoms with Crippen molar-refractivity contribution in [3.05, 3.63) is 47.7 Å². The molecule has 1 aromatic heterocycles. The average molecular weight is 244 g/mol. The van der Waals surface area contributed by atoms with E-state index in [1.165, 1.54) is 7.11 Å². The summed E-state index contributed by atoms with van der Waals surface area (Å²) in [4.78, 5) is 19.8. The maximum Gasteiger partial charge on any atom is 0.344 e. The van der Waals surface area contributed by atoms with Crippen LogP contribution in [-0.4, -0.2) is 23.0 Å². The van der Waals surface area contributed by atoms with Gasteiger partial charge in [-0.2, -0.15) is 4.98 Å². The van der Waals surface area contributed by atoms with Gasteiger partial charge in [0.25, 0.3) is 0 Å². The lowest BCUT2D eigenvalue weighted by Gasteiger charge is -2.05. The number of carbonyl (C=O) groups excluding carboxylic acids is 1. The van der Waals surface area contributed by atoms with Gasteiger partial charge in [0.05, 0.1) is 12.7 Å². The van der Waals surface area contributed by atoms with Crippen molar-refractivity contribution in [2.24, 2.45) is 0 Å². The van der Waals surface area contributed by atoms with Gasteiger partial charge in [-0.05, 0) is 19.1 Å². The number of aryl methyl sites for hydroxylation is 1. The predicted molar refractivity (Wildman–Crippen MR) is 64.7 cm³/mol. The highest BCUT2D eigenvalue weighted by molar-refractivity contribution is 5.90. The van der Waals surface area contributed by atoms with Crippen LogP contribution in [0.3, 0.4) is 0 Å². The minimum Gasteiger partial charge on any atom is -0.467 e. The molecule has 2 rings (SSSR count). The SMILES string of the molecule is COc1nc(C)cc(OC(=O)c2ccccc2)n1. The number of methoxy groups -OCH3 is 1.